The van der Waals surface area contributed by atoms with Crippen LogP contribution in [0, 0.1) is 0 Å². The molecule has 0 aromatic rings. The van der Waals surface area contributed by atoms with Gasteiger partial charge in [0.25, 0.3) is 0 Å². The molecule has 3 N–H and O–H groups in total. The van der Waals surface area contributed by atoms with Crippen LogP contribution in [0.3, 0.4) is 0 Å². The second-order valence-electron chi connectivity index (χ2n) is 2.60. The molecular weight excluding hydrogens is 136 g/mol. The molecule has 4 heteroatoms. The average molecular weight is 148 g/mol. The average Bonchev–Trinajstić information content (AvgIpc) is 1.84. The van der Waals surface area contributed by atoms with Crippen LogP contribution in [0.2, 0.25) is 0 Å². The standard InChI is InChI=1S/C6H12O4/c1-3-4(7)2-5(8)6(9)10-3/h3-9H,2H2,1H3/t3-,4?,5+,6?/m1/s1. The lowest BCUT2D eigenvalue weighted by Crippen LogP contribution is -2.45. The van der Waals surface area contributed by atoms with Crippen molar-refractivity contribution in [1.82, 2.24) is 0 Å². The van der Waals surface area contributed by atoms with Gasteiger partial charge in [0.05, 0.1) is 12.2 Å². The summed E-state index contributed by atoms with van der Waals surface area (Å²) in [5.74, 6) is 0. The van der Waals surface area contributed by atoms with E-state index in [4.69, 9.17) is 20.1 Å². The fourth-order valence-electron chi connectivity index (χ4n) is 0.957. The molecule has 0 aliphatic carbocycles. The van der Waals surface area contributed by atoms with Gasteiger partial charge in [-0.15, -0.1) is 0 Å². The second-order valence-corrected chi connectivity index (χ2v) is 2.60. The van der Waals surface area contributed by atoms with E-state index in [2.05, 4.69) is 0 Å². The van der Waals surface area contributed by atoms with Crippen molar-refractivity contribution < 1.29 is 20.1 Å². The van der Waals surface area contributed by atoms with Crippen molar-refractivity contribution in [2.75, 3.05) is 0 Å². The summed E-state index contributed by atoms with van der Waals surface area (Å²) in [4.78, 5) is 0. The zero-order valence-corrected chi connectivity index (χ0v) is 5.77. The highest BCUT2D eigenvalue weighted by Crippen LogP contribution is 2.17. The van der Waals surface area contributed by atoms with Crippen LogP contribution >= 0.6 is 0 Å². The van der Waals surface area contributed by atoms with E-state index < -0.39 is 24.6 Å². The number of aliphatic hydroxyl groups is 3. The first-order valence-electron chi connectivity index (χ1n) is 3.31. The summed E-state index contributed by atoms with van der Waals surface area (Å²) in [6.07, 6.45) is -2.97. The van der Waals surface area contributed by atoms with Crippen LogP contribution in [0.1, 0.15) is 13.3 Å². The Bertz CT molecular complexity index is 90.3. The van der Waals surface area contributed by atoms with Gasteiger partial charge in [0.1, 0.15) is 6.10 Å². The topological polar surface area (TPSA) is 69.9 Å². The van der Waals surface area contributed by atoms with Crippen LogP contribution in [0.4, 0.5) is 0 Å². The van der Waals surface area contributed by atoms with E-state index in [0.29, 0.717) is 0 Å². The highest BCUT2D eigenvalue weighted by Gasteiger charge is 2.32. The summed E-state index contributed by atoms with van der Waals surface area (Å²) in [6, 6.07) is 0. The van der Waals surface area contributed by atoms with Crippen molar-refractivity contribution in [2.45, 2.75) is 37.9 Å². The van der Waals surface area contributed by atoms with Crippen molar-refractivity contribution in [1.29, 1.82) is 0 Å². The highest BCUT2D eigenvalue weighted by molar-refractivity contribution is 4.76. The zero-order valence-electron chi connectivity index (χ0n) is 5.77. The largest absolute Gasteiger partial charge is 0.390 e. The number of rotatable bonds is 0. The van der Waals surface area contributed by atoms with Crippen molar-refractivity contribution >= 4 is 0 Å². The van der Waals surface area contributed by atoms with E-state index in [9.17, 15) is 0 Å². The third kappa shape index (κ3) is 1.46. The third-order valence-corrected chi connectivity index (χ3v) is 1.71. The summed E-state index contributed by atoms with van der Waals surface area (Å²) in [5.41, 5.74) is 0. The number of aliphatic hydroxyl groups excluding tert-OH is 3. The summed E-state index contributed by atoms with van der Waals surface area (Å²) >= 11 is 0. The van der Waals surface area contributed by atoms with Crippen LogP contribution in [0.25, 0.3) is 0 Å². The molecule has 0 spiro atoms. The zero-order chi connectivity index (χ0) is 7.72. The summed E-state index contributed by atoms with van der Waals surface area (Å²) in [6.45, 7) is 1.65. The molecule has 2 unspecified atom stereocenters. The molecule has 10 heavy (non-hydrogen) atoms. The van der Waals surface area contributed by atoms with Gasteiger partial charge in [-0.2, -0.15) is 0 Å². The molecular formula is C6H12O4. The SMILES string of the molecule is C[C@H]1OC(O)[C@@H](O)CC1O. The first-order chi connectivity index (χ1) is 4.61. The van der Waals surface area contributed by atoms with Gasteiger partial charge in [-0.1, -0.05) is 0 Å². The molecule has 1 aliphatic rings. The van der Waals surface area contributed by atoms with Crippen LogP contribution in [-0.4, -0.2) is 39.9 Å². The summed E-state index contributed by atoms with van der Waals surface area (Å²) < 4.78 is 4.77. The highest BCUT2D eigenvalue weighted by atomic mass is 16.6. The Hall–Kier alpha value is -0.160. The molecule has 1 saturated heterocycles. The minimum Gasteiger partial charge on any atom is -0.390 e. The maximum atomic E-state index is 9.07. The summed E-state index contributed by atoms with van der Waals surface area (Å²) in [7, 11) is 0. The normalized spacial score (nSPS) is 49.2. The molecule has 1 heterocycles. The van der Waals surface area contributed by atoms with Crippen molar-refractivity contribution in [3.8, 4) is 0 Å². The molecule has 0 amide bonds. The van der Waals surface area contributed by atoms with E-state index in [1.54, 1.807) is 6.92 Å². The monoisotopic (exact) mass is 148 g/mol. The molecule has 0 saturated carbocycles. The van der Waals surface area contributed by atoms with Crippen LogP contribution in [0.5, 0.6) is 0 Å². The van der Waals surface area contributed by atoms with E-state index in [1.807, 2.05) is 0 Å². The van der Waals surface area contributed by atoms with E-state index >= 15 is 0 Å². The Balaban J connectivity index is 2.46. The fourth-order valence-corrected chi connectivity index (χ4v) is 0.957. The molecule has 0 bridgehead atoms. The molecule has 60 valence electrons. The molecule has 0 aromatic heterocycles. The fraction of sp³-hybridized carbons (Fsp3) is 1.00. The van der Waals surface area contributed by atoms with E-state index in [1.165, 1.54) is 0 Å². The molecule has 4 nitrogen and oxygen atoms in total. The van der Waals surface area contributed by atoms with Crippen molar-refractivity contribution in [3.63, 3.8) is 0 Å². The van der Waals surface area contributed by atoms with Gasteiger partial charge < -0.3 is 20.1 Å². The first kappa shape index (κ1) is 7.94. The number of ether oxygens (including phenoxy) is 1. The van der Waals surface area contributed by atoms with Crippen LogP contribution in [-0.2, 0) is 4.74 Å². The molecule has 1 aliphatic heterocycles. The number of hydrogen-bond donors (Lipinski definition) is 3. The molecule has 1 fully saturated rings. The number of hydrogen-bond acceptors (Lipinski definition) is 4. The predicted molar refractivity (Wildman–Crippen MR) is 33.2 cm³/mol. The van der Waals surface area contributed by atoms with Gasteiger partial charge in [-0.05, 0) is 6.92 Å². The first-order valence-corrected chi connectivity index (χ1v) is 3.31. The molecule has 0 aromatic carbocycles. The van der Waals surface area contributed by atoms with Gasteiger partial charge in [0.2, 0.25) is 0 Å². The second kappa shape index (κ2) is 2.84. The third-order valence-electron chi connectivity index (χ3n) is 1.71. The lowest BCUT2D eigenvalue weighted by molar-refractivity contribution is -0.240. The van der Waals surface area contributed by atoms with Crippen molar-refractivity contribution in [3.05, 3.63) is 0 Å². The minimum atomic E-state index is -1.14. The Morgan fingerprint density at radius 1 is 1.20 bits per heavy atom. The maximum absolute atomic E-state index is 9.07. The van der Waals surface area contributed by atoms with Gasteiger partial charge in [-0.3, -0.25) is 0 Å². The Morgan fingerprint density at radius 3 is 2.30 bits per heavy atom. The van der Waals surface area contributed by atoms with Crippen LogP contribution in [0.15, 0.2) is 0 Å². The molecule has 1 rings (SSSR count). The predicted octanol–water partition coefficient (Wildman–Crippen LogP) is -1.16. The Kier molecular flexibility index (Phi) is 2.25. The minimum absolute atomic E-state index is 0.183. The van der Waals surface area contributed by atoms with Gasteiger partial charge in [-0.25, -0.2) is 0 Å². The molecule has 0 radical (unpaired) electrons. The maximum Gasteiger partial charge on any atom is 0.181 e. The smallest absolute Gasteiger partial charge is 0.181 e. The Labute approximate surface area is 59.1 Å². The van der Waals surface area contributed by atoms with Crippen LogP contribution < -0.4 is 0 Å². The van der Waals surface area contributed by atoms with Gasteiger partial charge >= 0.3 is 0 Å². The molecule has 4 atom stereocenters. The summed E-state index contributed by atoms with van der Waals surface area (Å²) in [5, 5.41) is 26.9. The Morgan fingerprint density at radius 2 is 1.80 bits per heavy atom. The lowest BCUT2D eigenvalue weighted by Gasteiger charge is -2.32. The van der Waals surface area contributed by atoms with E-state index in [-0.39, 0.29) is 6.42 Å². The van der Waals surface area contributed by atoms with E-state index in [0.717, 1.165) is 0 Å². The van der Waals surface area contributed by atoms with Gasteiger partial charge in [0, 0.05) is 6.42 Å². The van der Waals surface area contributed by atoms with Gasteiger partial charge in [0.15, 0.2) is 6.29 Å². The van der Waals surface area contributed by atoms with Crippen molar-refractivity contribution in [2.24, 2.45) is 0 Å². The quantitative estimate of drug-likeness (QED) is 0.405. The lowest BCUT2D eigenvalue weighted by atomic mass is 10.0.